The van der Waals surface area contributed by atoms with Crippen molar-refractivity contribution in [3.63, 3.8) is 0 Å². The summed E-state index contributed by atoms with van der Waals surface area (Å²) in [5.74, 6) is -0.837. The van der Waals surface area contributed by atoms with Crippen LogP contribution in [0.3, 0.4) is 0 Å². The summed E-state index contributed by atoms with van der Waals surface area (Å²) in [6.07, 6.45) is 4.60. The van der Waals surface area contributed by atoms with E-state index >= 15 is 0 Å². The van der Waals surface area contributed by atoms with Crippen LogP contribution in [0.1, 0.15) is 19.8 Å². The van der Waals surface area contributed by atoms with E-state index in [-0.39, 0.29) is 0 Å². The van der Waals surface area contributed by atoms with Gasteiger partial charge in [-0.1, -0.05) is 12.2 Å². The van der Waals surface area contributed by atoms with Crippen molar-refractivity contribution in [2.75, 3.05) is 6.54 Å². The fourth-order valence-electron chi connectivity index (χ4n) is 0.959. The molecule has 3 nitrogen and oxygen atoms in total. The number of rotatable bonds is 7. The molecule has 1 atom stereocenters. The average molecular weight is 183 g/mol. The van der Waals surface area contributed by atoms with Crippen molar-refractivity contribution < 1.29 is 9.90 Å². The topological polar surface area (TPSA) is 49.3 Å². The van der Waals surface area contributed by atoms with Gasteiger partial charge in [0.05, 0.1) is 0 Å². The molecule has 0 saturated carbocycles. The summed E-state index contributed by atoms with van der Waals surface area (Å²) in [6, 6.07) is 0. The second kappa shape index (κ2) is 5.54. The van der Waals surface area contributed by atoms with Crippen LogP contribution >= 0.6 is 0 Å². The molecule has 0 radical (unpaired) electrons. The average Bonchev–Trinajstić information content (AvgIpc) is 2.11. The van der Waals surface area contributed by atoms with Crippen LogP contribution < -0.4 is 5.32 Å². The Morgan fingerprint density at radius 3 is 2.54 bits per heavy atom. The Morgan fingerprint density at radius 2 is 2.15 bits per heavy atom. The first-order valence-electron chi connectivity index (χ1n) is 4.27. The van der Waals surface area contributed by atoms with Crippen LogP contribution in [0.25, 0.3) is 0 Å². The first kappa shape index (κ1) is 11.9. The smallest absolute Gasteiger partial charge is 0.323 e. The van der Waals surface area contributed by atoms with Crippen molar-refractivity contribution in [2.45, 2.75) is 25.3 Å². The molecule has 0 aliphatic rings. The highest BCUT2D eigenvalue weighted by molar-refractivity contribution is 5.78. The predicted octanol–water partition coefficient (Wildman–Crippen LogP) is 1.57. The minimum absolute atomic E-state index is 0.500. The predicted molar refractivity (Wildman–Crippen MR) is 53.7 cm³/mol. The second-order valence-electron chi connectivity index (χ2n) is 3.13. The largest absolute Gasteiger partial charge is 0.480 e. The number of hydrogen-bond donors (Lipinski definition) is 2. The number of carboxylic acids is 1. The Kier molecular flexibility index (Phi) is 5.07. The standard InChI is InChI=1S/C10H17NO2/c1-4-6-7-10(3,9(12)13)11-8-5-2/h4-5,11H,1-2,6-8H2,3H3,(H,12,13). The van der Waals surface area contributed by atoms with E-state index < -0.39 is 11.5 Å². The van der Waals surface area contributed by atoms with Gasteiger partial charge >= 0.3 is 5.97 Å². The summed E-state index contributed by atoms with van der Waals surface area (Å²) in [4.78, 5) is 10.9. The Morgan fingerprint density at radius 1 is 1.54 bits per heavy atom. The third-order valence-electron chi connectivity index (χ3n) is 1.96. The van der Waals surface area contributed by atoms with E-state index in [0.29, 0.717) is 19.4 Å². The molecule has 0 aromatic heterocycles. The zero-order valence-corrected chi connectivity index (χ0v) is 8.05. The fraction of sp³-hybridized carbons (Fsp3) is 0.500. The van der Waals surface area contributed by atoms with Crippen molar-refractivity contribution in [2.24, 2.45) is 0 Å². The Bertz CT molecular complexity index is 187. The van der Waals surface area contributed by atoms with E-state index in [1.807, 2.05) is 0 Å². The van der Waals surface area contributed by atoms with Gasteiger partial charge in [-0.25, -0.2) is 0 Å². The molecule has 0 aliphatic carbocycles. The third-order valence-corrected chi connectivity index (χ3v) is 1.96. The van der Waals surface area contributed by atoms with Crippen molar-refractivity contribution in [3.05, 3.63) is 25.3 Å². The van der Waals surface area contributed by atoms with E-state index in [1.54, 1.807) is 19.1 Å². The van der Waals surface area contributed by atoms with Crippen LogP contribution in [0.15, 0.2) is 25.3 Å². The maximum atomic E-state index is 10.9. The van der Waals surface area contributed by atoms with Crippen LogP contribution in [0.4, 0.5) is 0 Å². The fourth-order valence-corrected chi connectivity index (χ4v) is 0.959. The van der Waals surface area contributed by atoms with Gasteiger partial charge in [0.1, 0.15) is 5.54 Å². The van der Waals surface area contributed by atoms with Gasteiger partial charge in [0, 0.05) is 6.54 Å². The zero-order chi connectivity index (χ0) is 10.3. The number of carbonyl (C=O) groups is 1. The maximum absolute atomic E-state index is 10.9. The molecule has 0 spiro atoms. The molecular formula is C10H17NO2. The van der Waals surface area contributed by atoms with Crippen molar-refractivity contribution >= 4 is 5.97 Å². The quantitative estimate of drug-likeness (QED) is 0.589. The lowest BCUT2D eigenvalue weighted by Gasteiger charge is -2.25. The molecule has 0 aliphatic heterocycles. The van der Waals surface area contributed by atoms with E-state index in [0.717, 1.165) is 0 Å². The van der Waals surface area contributed by atoms with E-state index in [9.17, 15) is 4.79 Å². The molecule has 74 valence electrons. The summed E-state index contributed by atoms with van der Waals surface area (Å²) in [6.45, 7) is 9.26. The van der Waals surface area contributed by atoms with Gasteiger partial charge in [0.15, 0.2) is 0 Å². The molecule has 0 bridgehead atoms. The Balaban J connectivity index is 4.23. The number of hydrogen-bond acceptors (Lipinski definition) is 2. The molecule has 0 aromatic rings. The Hall–Kier alpha value is -1.09. The van der Waals surface area contributed by atoms with Crippen LogP contribution in [0.5, 0.6) is 0 Å². The molecular weight excluding hydrogens is 166 g/mol. The van der Waals surface area contributed by atoms with Gasteiger partial charge in [-0.05, 0) is 19.8 Å². The van der Waals surface area contributed by atoms with E-state index in [4.69, 9.17) is 5.11 Å². The highest BCUT2D eigenvalue weighted by Crippen LogP contribution is 2.12. The monoisotopic (exact) mass is 183 g/mol. The second-order valence-corrected chi connectivity index (χ2v) is 3.13. The normalized spacial score (nSPS) is 14.5. The molecule has 3 heteroatoms. The van der Waals surface area contributed by atoms with Crippen LogP contribution in [-0.2, 0) is 4.79 Å². The SMILES string of the molecule is C=CCCC(C)(NCC=C)C(=O)O. The highest BCUT2D eigenvalue weighted by atomic mass is 16.4. The molecule has 0 aromatic carbocycles. The maximum Gasteiger partial charge on any atom is 0.323 e. The van der Waals surface area contributed by atoms with Crippen LogP contribution in [0.2, 0.25) is 0 Å². The summed E-state index contributed by atoms with van der Waals surface area (Å²) in [5.41, 5.74) is -0.873. The molecule has 2 N–H and O–H groups in total. The van der Waals surface area contributed by atoms with Gasteiger partial charge in [-0.2, -0.15) is 0 Å². The summed E-state index contributed by atoms with van der Waals surface area (Å²) < 4.78 is 0. The van der Waals surface area contributed by atoms with E-state index in [2.05, 4.69) is 18.5 Å². The lowest BCUT2D eigenvalue weighted by atomic mass is 9.96. The first-order valence-corrected chi connectivity index (χ1v) is 4.27. The van der Waals surface area contributed by atoms with Gasteiger partial charge < -0.3 is 5.11 Å². The van der Waals surface area contributed by atoms with Crippen molar-refractivity contribution in [1.82, 2.24) is 5.32 Å². The lowest BCUT2D eigenvalue weighted by Crippen LogP contribution is -2.49. The molecule has 0 rings (SSSR count). The number of aliphatic carboxylic acids is 1. The van der Waals surface area contributed by atoms with Gasteiger partial charge in [-0.3, -0.25) is 10.1 Å². The first-order chi connectivity index (χ1) is 6.06. The van der Waals surface area contributed by atoms with Gasteiger partial charge in [0.25, 0.3) is 0 Å². The summed E-state index contributed by atoms with van der Waals surface area (Å²) in [5, 5.41) is 11.9. The molecule has 13 heavy (non-hydrogen) atoms. The number of nitrogens with one attached hydrogen (secondary N) is 1. The van der Waals surface area contributed by atoms with E-state index in [1.165, 1.54) is 0 Å². The lowest BCUT2D eigenvalue weighted by molar-refractivity contribution is -0.144. The zero-order valence-electron chi connectivity index (χ0n) is 8.05. The molecule has 1 unspecified atom stereocenters. The van der Waals surface area contributed by atoms with Gasteiger partial charge in [0.2, 0.25) is 0 Å². The minimum atomic E-state index is -0.873. The van der Waals surface area contributed by atoms with Gasteiger partial charge in [-0.15, -0.1) is 13.2 Å². The summed E-state index contributed by atoms with van der Waals surface area (Å²) >= 11 is 0. The third kappa shape index (κ3) is 3.90. The molecule has 0 heterocycles. The van der Waals surface area contributed by atoms with Crippen LogP contribution in [0, 0.1) is 0 Å². The van der Waals surface area contributed by atoms with Crippen molar-refractivity contribution in [1.29, 1.82) is 0 Å². The molecule has 0 saturated heterocycles. The Labute approximate surface area is 79.2 Å². The summed E-state index contributed by atoms with van der Waals surface area (Å²) in [7, 11) is 0. The highest BCUT2D eigenvalue weighted by Gasteiger charge is 2.30. The van der Waals surface area contributed by atoms with Crippen LogP contribution in [-0.4, -0.2) is 23.2 Å². The molecule has 0 fully saturated rings. The molecule has 0 amide bonds. The number of allylic oxidation sites excluding steroid dienone is 1. The van der Waals surface area contributed by atoms with Crippen molar-refractivity contribution in [3.8, 4) is 0 Å². The minimum Gasteiger partial charge on any atom is -0.480 e. The number of carboxylic acid groups (broad SMARTS) is 1.